The fourth-order valence-electron chi connectivity index (χ4n) is 4.32. The van der Waals surface area contributed by atoms with Crippen molar-refractivity contribution in [1.82, 2.24) is 5.01 Å². The van der Waals surface area contributed by atoms with Crippen LogP contribution in [0.4, 0.5) is 0 Å². The van der Waals surface area contributed by atoms with Crippen LogP contribution in [-0.2, 0) is 0 Å². The monoisotopic (exact) mass is 554 g/mol. The summed E-state index contributed by atoms with van der Waals surface area (Å²) in [6.07, 6.45) is 0.0200. The van der Waals surface area contributed by atoms with Crippen LogP contribution in [0.2, 0.25) is 0 Å². The molecule has 1 atom stereocenters. The van der Waals surface area contributed by atoms with Crippen LogP contribution >= 0.6 is 8.60 Å². The minimum Gasteiger partial charge on any atom is -0.491 e. The third kappa shape index (κ3) is 7.48. The number of nitrogens with two attached hydrogens (primary N) is 1. The van der Waals surface area contributed by atoms with Crippen LogP contribution in [0.1, 0.15) is 43.9 Å². The molecule has 5 N–H and O–H groups in total. The fraction of sp³-hybridized carbons (Fsp3) is 0.310. The van der Waals surface area contributed by atoms with Crippen LogP contribution in [0.25, 0.3) is 11.1 Å². The molecular weight excluding hydrogens is 519 g/mol. The van der Waals surface area contributed by atoms with Crippen LogP contribution in [0.15, 0.2) is 66.7 Å². The highest BCUT2D eigenvalue weighted by atomic mass is 31.2. The summed E-state index contributed by atoms with van der Waals surface area (Å²) in [5, 5.41) is 11.9. The molecular formula is C29H35N2O7P. The van der Waals surface area contributed by atoms with Gasteiger partial charge >= 0.3 is 8.60 Å². The first-order valence-electron chi connectivity index (χ1n) is 12.8. The topological polar surface area (TPSA) is 127 Å². The Kier molecular flexibility index (Phi) is 9.80. The molecule has 0 bridgehead atoms. The Hall–Kier alpha value is -3.17. The molecule has 0 aromatic heterocycles. The summed E-state index contributed by atoms with van der Waals surface area (Å²) in [4.78, 5) is 18.4. The zero-order valence-corrected chi connectivity index (χ0v) is 23.2. The second-order valence-corrected chi connectivity index (χ2v) is 10.1. The van der Waals surface area contributed by atoms with E-state index in [0.717, 1.165) is 40.0 Å². The van der Waals surface area contributed by atoms with Crippen molar-refractivity contribution in [3.8, 4) is 23.0 Å². The van der Waals surface area contributed by atoms with E-state index < -0.39 is 14.7 Å². The van der Waals surface area contributed by atoms with Gasteiger partial charge in [0.15, 0.2) is 11.5 Å². The van der Waals surface area contributed by atoms with Gasteiger partial charge in [-0.2, -0.15) is 0 Å². The van der Waals surface area contributed by atoms with Gasteiger partial charge in [-0.25, -0.2) is 5.01 Å². The molecule has 3 aromatic rings. The smallest absolute Gasteiger partial charge is 0.391 e. The number of benzene rings is 3. The van der Waals surface area contributed by atoms with Gasteiger partial charge in [-0.3, -0.25) is 5.84 Å². The van der Waals surface area contributed by atoms with Crippen molar-refractivity contribution >= 4 is 19.7 Å². The van der Waals surface area contributed by atoms with Gasteiger partial charge in [0.25, 0.3) is 0 Å². The van der Waals surface area contributed by atoms with E-state index in [4.69, 9.17) is 24.6 Å². The Morgan fingerprint density at radius 2 is 1.51 bits per heavy atom. The molecule has 0 aliphatic carbocycles. The number of hydrazine groups is 1. The third-order valence-electron chi connectivity index (χ3n) is 6.38. The number of allylic oxidation sites excluding steroid dienone is 1. The zero-order chi connectivity index (χ0) is 27.9. The van der Waals surface area contributed by atoms with Crippen LogP contribution in [0.5, 0.6) is 23.0 Å². The van der Waals surface area contributed by atoms with E-state index in [1.807, 2.05) is 68.4 Å². The van der Waals surface area contributed by atoms with Gasteiger partial charge in [0.05, 0.1) is 0 Å². The van der Waals surface area contributed by atoms with Gasteiger partial charge in [0.2, 0.25) is 6.79 Å². The quantitative estimate of drug-likeness (QED) is 0.109. The average molecular weight is 555 g/mol. The van der Waals surface area contributed by atoms with E-state index >= 15 is 0 Å². The lowest BCUT2D eigenvalue weighted by atomic mass is 9.88. The maximum Gasteiger partial charge on any atom is 0.391 e. The van der Waals surface area contributed by atoms with E-state index in [0.29, 0.717) is 23.8 Å². The lowest BCUT2D eigenvalue weighted by molar-refractivity contribution is 0.0575. The molecule has 1 unspecified atom stereocenters. The summed E-state index contributed by atoms with van der Waals surface area (Å²) >= 11 is 0. The van der Waals surface area contributed by atoms with Crippen molar-refractivity contribution in [3.05, 3.63) is 83.4 Å². The SMILES string of the molecule is CCC(=C(c1ccc(OCC(O)CN(N)C(C)C)cc1)c1ccc(OP(O)O)cc1)c1ccc2c(c1)OCO2. The standard InChI is InChI=1S/C29H35N2O7P/c1-4-26(22-9-14-27-28(15-22)37-18-36-27)29(21-7-12-25(13-8-21)38-39(33)34)20-5-10-24(11-6-20)35-17-23(32)16-31(30)19(2)3/h5-15,19,23,32-34H,4,16-18,30H2,1-3H3. The normalized spacial score (nSPS) is 14.1. The van der Waals surface area contributed by atoms with Crippen molar-refractivity contribution in [3.63, 3.8) is 0 Å². The highest BCUT2D eigenvalue weighted by molar-refractivity contribution is 7.39. The van der Waals surface area contributed by atoms with Crippen molar-refractivity contribution < 1.29 is 33.6 Å². The molecule has 4 rings (SSSR count). The Morgan fingerprint density at radius 3 is 2.10 bits per heavy atom. The van der Waals surface area contributed by atoms with Gasteiger partial charge < -0.3 is 33.6 Å². The van der Waals surface area contributed by atoms with Crippen LogP contribution in [-0.4, -0.2) is 52.0 Å². The van der Waals surface area contributed by atoms with Crippen molar-refractivity contribution in [2.24, 2.45) is 5.84 Å². The fourth-order valence-corrected chi connectivity index (χ4v) is 4.63. The molecule has 1 heterocycles. The summed E-state index contributed by atoms with van der Waals surface area (Å²) in [6.45, 7) is 6.66. The third-order valence-corrected chi connectivity index (χ3v) is 6.75. The molecule has 0 spiro atoms. The molecule has 1 aliphatic heterocycles. The van der Waals surface area contributed by atoms with Gasteiger partial charge in [-0.15, -0.1) is 0 Å². The van der Waals surface area contributed by atoms with E-state index in [-0.39, 0.29) is 19.4 Å². The summed E-state index contributed by atoms with van der Waals surface area (Å²) < 4.78 is 22.0. The van der Waals surface area contributed by atoms with Crippen LogP contribution in [0.3, 0.4) is 0 Å². The summed E-state index contributed by atoms with van der Waals surface area (Å²) in [5.41, 5.74) is 4.99. The summed E-state index contributed by atoms with van der Waals surface area (Å²) in [6, 6.07) is 20.9. The predicted octanol–water partition coefficient (Wildman–Crippen LogP) is 4.70. The number of hydrogen-bond acceptors (Lipinski definition) is 9. The minimum absolute atomic E-state index is 0.122. The Labute approximate surface area is 230 Å². The second kappa shape index (κ2) is 13.3. The predicted molar refractivity (Wildman–Crippen MR) is 151 cm³/mol. The maximum atomic E-state index is 10.3. The number of fused-ring (bicyclic) bond motifs is 1. The molecule has 10 heteroatoms. The average Bonchev–Trinajstić information content (AvgIpc) is 3.39. The van der Waals surface area contributed by atoms with Crippen LogP contribution in [0, 0.1) is 0 Å². The molecule has 0 radical (unpaired) electrons. The van der Waals surface area contributed by atoms with Gasteiger partial charge in [-0.05, 0) is 84.5 Å². The summed E-state index contributed by atoms with van der Waals surface area (Å²) in [5.74, 6) is 8.34. The van der Waals surface area contributed by atoms with Gasteiger partial charge in [-0.1, -0.05) is 37.3 Å². The first kappa shape index (κ1) is 28.8. The second-order valence-electron chi connectivity index (χ2n) is 9.42. The molecule has 0 amide bonds. The number of rotatable bonds is 12. The first-order valence-corrected chi connectivity index (χ1v) is 13.9. The number of aliphatic hydroxyl groups is 1. The van der Waals surface area contributed by atoms with E-state index in [2.05, 4.69) is 6.92 Å². The first-order chi connectivity index (χ1) is 18.7. The number of aliphatic hydroxyl groups excluding tert-OH is 1. The minimum atomic E-state index is -2.50. The Morgan fingerprint density at radius 1 is 0.923 bits per heavy atom. The van der Waals surface area contributed by atoms with Crippen molar-refractivity contribution in [2.75, 3.05) is 19.9 Å². The maximum absolute atomic E-state index is 10.3. The Bertz CT molecular complexity index is 1260. The van der Waals surface area contributed by atoms with Gasteiger partial charge in [0, 0.05) is 12.6 Å². The lowest BCUT2D eigenvalue weighted by Gasteiger charge is -2.23. The molecule has 1 aliphatic rings. The molecule has 9 nitrogen and oxygen atoms in total. The lowest BCUT2D eigenvalue weighted by Crippen LogP contribution is -2.44. The highest BCUT2D eigenvalue weighted by Gasteiger charge is 2.19. The summed E-state index contributed by atoms with van der Waals surface area (Å²) in [7, 11) is -2.50. The number of hydrogen-bond donors (Lipinski definition) is 4. The van der Waals surface area contributed by atoms with Crippen molar-refractivity contribution in [2.45, 2.75) is 39.3 Å². The van der Waals surface area contributed by atoms with E-state index in [9.17, 15) is 14.9 Å². The van der Waals surface area contributed by atoms with Gasteiger partial charge in [0.1, 0.15) is 24.2 Å². The largest absolute Gasteiger partial charge is 0.491 e. The molecule has 0 fully saturated rings. The van der Waals surface area contributed by atoms with Crippen molar-refractivity contribution in [1.29, 1.82) is 0 Å². The molecule has 0 saturated carbocycles. The molecule has 39 heavy (non-hydrogen) atoms. The molecule has 208 valence electrons. The highest BCUT2D eigenvalue weighted by Crippen LogP contribution is 2.40. The zero-order valence-electron chi connectivity index (χ0n) is 22.3. The van der Waals surface area contributed by atoms with E-state index in [1.165, 1.54) is 0 Å². The number of ether oxygens (including phenoxy) is 3. The van der Waals surface area contributed by atoms with E-state index in [1.54, 1.807) is 17.1 Å². The number of nitrogens with zero attached hydrogens (tertiary/aromatic N) is 1. The Balaban J connectivity index is 1.65. The molecule has 3 aromatic carbocycles. The molecule has 0 saturated heterocycles. The van der Waals surface area contributed by atoms with Crippen LogP contribution < -0.4 is 24.6 Å².